The minimum atomic E-state index is -0.814. The van der Waals surface area contributed by atoms with E-state index in [9.17, 15) is 10.1 Å². The zero-order valence-electron chi connectivity index (χ0n) is 11.4. The van der Waals surface area contributed by atoms with Crippen LogP contribution in [0, 0.1) is 11.3 Å². The molecule has 0 bridgehead atoms. The smallest absolute Gasteiger partial charge is 0.242 e. The molecule has 1 aromatic carbocycles. The highest BCUT2D eigenvalue weighted by Gasteiger charge is 2.28. The van der Waals surface area contributed by atoms with E-state index < -0.39 is 11.5 Å². The lowest BCUT2D eigenvalue weighted by atomic mass is 9.92. The Morgan fingerprint density at radius 1 is 1.47 bits per heavy atom. The van der Waals surface area contributed by atoms with E-state index in [2.05, 4.69) is 5.32 Å². The zero-order valence-corrected chi connectivity index (χ0v) is 11.4. The molecule has 1 amide bonds. The summed E-state index contributed by atoms with van der Waals surface area (Å²) in [5, 5.41) is 21.1. The maximum atomic E-state index is 12.2. The van der Waals surface area contributed by atoms with Crippen molar-refractivity contribution in [1.29, 1.82) is 5.26 Å². The number of nitrogens with one attached hydrogen (secondary N) is 1. The normalized spacial score (nSPS) is 15.1. The molecule has 0 spiro atoms. The van der Waals surface area contributed by atoms with Crippen molar-refractivity contribution in [3.63, 3.8) is 0 Å². The van der Waals surface area contributed by atoms with Gasteiger partial charge in [-0.1, -0.05) is 37.3 Å². The number of nitriles is 1. The van der Waals surface area contributed by atoms with Crippen molar-refractivity contribution in [1.82, 2.24) is 5.32 Å². The number of rotatable bonds is 6. The fourth-order valence-corrected chi connectivity index (χ4v) is 1.87. The number of hydrogen-bond acceptors (Lipinski definition) is 3. The topological polar surface area (TPSA) is 73.1 Å². The van der Waals surface area contributed by atoms with Crippen molar-refractivity contribution < 1.29 is 9.90 Å². The van der Waals surface area contributed by atoms with Crippen molar-refractivity contribution in [2.45, 2.75) is 38.1 Å². The number of amides is 1. The Hall–Kier alpha value is -1.86. The Labute approximate surface area is 114 Å². The molecule has 2 atom stereocenters. The molecule has 2 unspecified atom stereocenters. The summed E-state index contributed by atoms with van der Waals surface area (Å²) in [6.45, 7) is 3.83. The highest BCUT2D eigenvalue weighted by Crippen LogP contribution is 2.19. The Balaban J connectivity index is 2.84. The SMILES string of the molecule is CCC(C)(CCO)NC(=O)C(C#N)c1ccccc1. The number of aliphatic hydroxyl groups is 1. The lowest BCUT2D eigenvalue weighted by Gasteiger charge is -2.30. The lowest BCUT2D eigenvalue weighted by Crippen LogP contribution is -2.47. The molecule has 102 valence electrons. The molecule has 0 radical (unpaired) electrons. The summed E-state index contributed by atoms with van der Waals surface area (Å²) >= 11 is 0. The quantitative estimate of drug-likeness (QED) is 0.821. The van der Waals surface area contributed by atoms with Gasteiger partial charge in [0, 0.05) is 12.1 Å². The highest BCUT2D eigenvalue weighted by atomic mass is 16.3. The molecule has 0 heterocycles. The first-order valence-corrected chi connectivity index (χ1v) is 6.43. The molecule has 0 aliphatic carbocycles. The molecule has 2 N–H and O–H groups in total. The molecule has 1 rings (SSSR count). The molecule has 0 aliphatic rings. The molecule has 19 heavy (non-hydrogen) atoms. The third-order valence-corrected chi connectivity index (χ3v) is 3.39. The van der Waals surface area contributed by atoms with Gasteiger partial charge in [0.25, 0.3) is 0 Å². The Morgan fingerprint density at radius 3 is 2.58 bits per heavy atom. The van der Waals surface area contributed by atoms with Gasteiger partial charge in [0.15, 0.2) is 0 Å². The van der Waals surface area contributed by atoms with E-state index in [0.29, 0.717) is 18.4 Å². The summed E-state index contributed by atoms with van der Waals surface area (Å²) < 4.78 is 0. The number of aliphatic hydroxyl groups excluding tert-OH is 1. The van der Waals surface area contributed by atoms with Gasteiger partial charge in [-0.15, -0.1) is 0 Å². The molecule has 4 heteroatoms. The number of carbonyl (C=O) groups is 1. The van der Waals surface area contributed by atoms with E-state index in [1.165, 1.54) is 0 Å². The van der Waals surface area contributed by atoms with Crippen LogP contribution in [0.3, 0.4) is 0 Å². The van der Waals surface area contributed by atoms with Gasteiger partial charge in [-0.3, -0.25) is 4.79 Å². The molecular formula is C15H20N2O2. The van der Waals surface area contributed by atoms with Gasteiger partial charge in [-0.05, 0) is 25.3 Å². The maximum Gasteiger partial charge on any atom is 0.242 e. The van der Waals surface area contributed by atoms with Crippen LogP contribution in [0.15, 0.2) is 30.3 Å². The first kappa shape index (κ1) is 15.2. The monoisotopic (exact) mass is 260 g/mol. The predicted molar refractivity (Wildman–Crippen MR) is 73.3 cm³/mol. The standard InChI is InChI=1S/C15H20N2O2/c1-3-15(2,9-10-18)17-14(19)13(11-16)12-7-5-4-6-8-12/h4-8,13,18H,3,9-10H2,1-2H3,(H,17,19). The molecular weight excluding hydrogens is 240 g/mol. The van der Waals surface area contributed by atoms with Crippen molar-refractivity contribution in [3.05, 3.63) is 35.9 Å². The fraction of sp³-hybridized carbons (Fsp3) is 0.467. The van der Waals surface area contributed by atoms with Crippen LogP contribution in [-0.4, -0.2) is 23.2 Å². The molecule has 0 fully saturated rings. The van der Waals surface area contributed by atoms with Crippen molar-refractivity contribution in [2.75, 3.05) is 6.61 Å². The predicted octanol–water partition coefficient (Wildman–Crippen LogP) is 1.96. The Kier molecular flexibility index (Phi) is 5.53. The Bertz CT molecular complexity index is 453. The lowest BCUT2D eigenvalue weighted by molar-refractivity contribution is -0.123. The molecule has 4 nitrogen and oxygen atoms in total. The summed E-state index contributed by atoms with van der Waals surface area (Å²) in [6.07, 6.45) is 1.18. The second-order valence-corrected chi connectivity index (χ2v) is 4.85. The van der Waals surface area contributed by atoms with Gasteiger partial charge < -0.3 is 10.4 Å². The van der Waals surface area contributed by atoms with Crippen LogP contribution in [0.1, 0.15) is 38.2 Å². The average Bonchev–Trinajstić information content (AvgIpc) is 2.41. The highest BCUT2D eigenvalue weighted by molar-refractivity contribution is 5.87. The second-order valence-electron chi connectivity index (χ2n) is 4.85. The van der Waals surface area contributed by atoms with Crippen LogP contribution < -0.4 is 5.32 Å². The molecule has 0 aromatic heterocycles. The molecule has 0 aliphatic heterocycles. The van der Waals surface area contributed by atoms with Crippen LogP contribution >= 0.6 is 0 Å². The summed E-state index contributed by atoms with van der Waals surface area (Å²) in [4.78, 5) is 12.2. The minimum Gasteiger partial charge on any atom is -0.396 e. The first-order valence-electron chi connectivity index (χ1n) is 6.43. The van der Waals surface area contributed by atoms with E-state index in [1.807, 2.05) is 26.0 Å². The van der Waals surface area contributed by atoms with Crippen molar-refractivity contribution in [2.24, 2.45) is 0 Å². The van der Waals surface area contributed by atoms with E-state index >= 15 is 0 Å². The van der Waals surface area contributed by atoms with Crippen LogP contribution in [0.5, 0.6) is 0 Å². The number of benzene rings is 1. The van der Waals surface area contributed by atoms with Crippen LogP contribution in [0.2, 0.25) is 0 Å². The summed E-state index contributed by atoms with van der Waals surface area (Å²) in [6, 6.07) is 11.0. The number of hydrogen-bond donors (Lipinski definition) is 2. The van der Waals surface area contributed by atoms with Gasteiger partial charge >= 0.3 is 0 Å². The van der Waals surface area contributed by atoms with E-state index in [4.69, 9.17) is 5.11 Å². The zero-order chi connectivity index (χ0) is 14.3. The van der Waals surface area contributed by atoms with Crippen LogP contribution in [-0.2, 0) is 4.79 Å². The van der Waals surface area contributed by atoms with Gasteiger partial charge in [-0.2, -0.15) is 5.26 Å². The van der Waals surface area contributed by atoms with Crippen LogP contribution in [0.25, 0.3) is 0 Å². The van der Waals surface area contributed by atoms with E-state index in [1.54, 1.807) is 24.3 Å². The van der Waals surface area contributed by atoms with E-state index in [0.717, 1.165) is 0 Å². The number of nitrogens with zero attached hydrogens (tertiary/aromatic N) is 1. The number of carbonyl (C=O) groups excluding carboxylic acids is 1. The first-order chi connectivity index (χ1) is 9.06. The molecule has 1 aromatic rings. The molecule has 0 saturated carbocycles. The maximum absolute atomic E-state index is 12.2. The average molecular weight is 260 g/mol. The summed E-state index contributed by atoms with van der Waals surface area (Å²) in [5.74, 6) is -1.13. The van der Waals surface area contributed by atoms with Crippen molar-refractivity contribution >= 4 is 5.91 Å². The Morgan fingerprint density at radius 2 is 2.11 bits per heavy atom. The van der Waals surface area contributed by atoms with E-state index in [-0.39, 0.29) is 12.5 Å². The fourth-order valence-electron chi connectivity index (χ4n) is 1.87. The van der Waals surface area contributed by atoms with Crippen molar-refractivity contribution in [3.8, 4) is 6.07 Å². The molecule has 0 saturated heterocycles. The largest absolute Gasteiger partial charge is 0.396 e. The third-order valence-electron chi connectivity index (χ3n) is 3.39. The third kappa shape index (κ3) is 4.08. The van der Waals surface area contributed by atoms with Gasteiger partial charge in [0.1, 0.15) is 5.92 Å². The van der Waals surface area contributed by atoms with Crippen LogP contribution in [0.4, 0.5) is 0 Å². The van der Waals surface area contributed by atoms with Gasteiger partial charge in [-0.25, -0.2) is 0 Å². The van der Waals surface area contributed by atoms with Gasteiger partial charge in [0.2, 0.25) is 5.91 Å². The second kappa shape index (κ2) is 6.91. The van der Waals surface area contributed by atoms with Gasteiger partial charge in [0.05, 0.1) is 6.07 Å². The summed E-state index contributed by atoms with van der Waals surface area (Å²) in [7, 11) is 0. The minimum absolute atomic E-state index is 0.00712. The summed E-state index contributed by atoms with van der Waals surface area (Å²) in [5.41, 5.74) is 0.209.